The van der Waals surface area contributed by atoms with Crippen LogP contribution in [0.4, 0.5) is 4.79 Å². The molecule has 1 aromatic rings. The van der Waals surface area contributed by atoms with Crippen LogP contribution in [-0.2, 0) is 4.74 Å². The molecule has 2 atom stereocenters. The van der Waals surface area contributed by atoms with E-state index in [9.17, 15) is 4.79 Å². The molecule has 2 bridgehead atoms. The Morgan fingerprint density at radius 3 is 2.65 bits per heavy atom. The minimum Gasteiger partial charge on any atom is -0.444 e. The van der Waals surface area contributed by atoms with Crippen molar-refractivity contribution in [2.24, 2.45) is 11.8 Å². The lowest BCUT2D eigenvalue weighted by molar-refractivity contribution is 0.00797. The maximum atomic E-state index is 11.9. The minimum absolute atomic E-state index is 0.224. The normalized spacial score (nSPS) is 32.4. The van der Waals surface area contributed by atoms with Crippen molar-refractivity contribution < 1.29 is 9.53 Å². The number of hydrogen-bond donors (Lipinski definition) is 1. The molecule has 110 valence electrons. The van der Waals surface area contributed by atoms with Crippen LogP contribution in [0, 0.1) is 11.8 Å². The first-order valence-electron chi connectivity index (χ1n) is 7.39. The zero-order valence-electron chi connectivity index (χ0n) is 12.4. The average molecular weight is 277 g/mol. The summed E-state index contributed by atoms with van der Waals surface area (Å²) in [4.78, 5) is 16.1. The second-order valence-corrected chi connectivity index (χ2v) is 7.06. The van der Waals surface area contributed by atoms with E-state index in [1.54, 1.807) is 0 Å². The minimum atomic E-state index is -0.440. The number of nitrogens with zero attached hydrogens (tertiary/aromatic N) is 2. The van der Waals surface area contributed by atoms with Gasteiger partial charge in [0.15, 0.2) is 0 Å². The van der Waals surface area contributed by atoms with E-state index in [0.29, 0.717) is 12.0 Å². The summed E-state index contributed by atoms with van der Waals surface area (Å²) in [5.41, 5.74) is -0.440. The van der Waals surface area contributed by atoms with E-state index in [2.05, 4.69) is 14.9 Å². The Labute approximate surface area is 119 Å². The molecule has 0 radical (unpaired) electrons. The third-order valence-electron chi connectivity index (χ3n) is 4.43. The van der Waals surface area contributed by atoms with Crippen molar-refractivity contribution in [3.8, 4) is 0 Å². The standard InChI is InChI=1S/C15H23N3O2/c1-15(2,3)20-14(19)17-12-8-13(11-6-10(12)7-11)18-5-4-16-9-18/h4-5,9-13H,6-8H2,1-3H3,(H,17,19)/t10?,11?,12-,13?/m0/s1. The molecule has 0 spiro atoms. The lowest BCUT2D eigenvalue weighted by Crippen LogP contribution is -2.54. The monoisotopic (exact) mass is 277 g/mol. The maximum Gasteiger partial charge on any atom is 0.407 e. The van der Waals surface area contributed by atoms with Crippen molar-refractivity contribution in [1.82, 2.24) is 14.9 Å². The third-order valence-corrected chi connectivity index (χ3v) is 4.43. The Morgan fingerprint density at radius 2 is 2.05 bits per heavy atom. The van der Waals surface area contributed by atoms with Gasteiger partial charge in [-0.25, -0.2) is 9.78 Å². The Kier molecular flexibility index (Phi) is 3.22. The molecule has 0 aliphatic heterocycles. The number of carbonyl (C=O) groups excluding carboxylic acids is 1. The van der Waals surface area contributed by atoms with Crippen LogP contribution >= 0.6 is 0 Å². The lowest BCUT2D eigenvalue weighted by Gasteiger charge is -2.51. The van der Waals surface area contributed by atoms with Crippen LogP contribution in [0.15, 0.2) is 18.7 Å². The van der Waals surface area contributed by atoms with Crippen LogP contribution < -0.4 is 5.32 Å². The zero-order valence-corrected chi connectivity index (χ0v) is 12.4. The Bertz CT molecular complexity index is 472. The molecule has 3 fully saturated rings. The van der Waals surface area contributed by atoms with Gasteiger partial charge in [-0.3, -0.25) is 0 Å². The molecule has 3 aliphatic carbocycles. The van der Waals surface area contributed by atoms with Crippen molar-refractivity contribution >= 4 is 6.09 Å². The van der Waals surface area contributed by atoms with Crippen molar-refractivity contribution in [2.45, 2.75) is 57.7 Å². The van der Waals surface area contributed by atoms with Gasteiger partial charge in [0.1, 0.15) is 5.60 Å². The summed E-state index contributed by atoms with van der Waals surface area (Å²) in [6.45, 7) is 5.67. The van der Waals surface area contributed by atoms with Crippen molar-refractivity contribution in [1.29, 1.82) is 0 Å². The highest BCUT2D eigenvalue weighted by atomic mass is 16.6. The molecule has 5 nitrogen and oxygen atoms in total. The van der Waals surface area contributed by atoms with Crippen LogP contribution in [0.2, 0.25) is 0 Å². The molecule has 1 unspecified atom stereocenters. The van der Waals surface area contributed by atoms with Crippen LogP contribution in [0.1, 0.15) is 46.1 Å². The molecule has 0 aromatic carbocycles. The third kappa shape index (κ3) is 2.67. The van der Waals surface area contributed by atoms with Crippen LogP contribution in [0.25, 0.3) is 0 Å². The van der Waals surface area contributed by atoms with Crippen LogP contribution in [-0.4, -0.2) is 27.3 Å². The summed E-state index contributed by atoms with van der Waals surface area (Å²) >= 11 is 0. The van der Waals surface area contributed by atoms with Gasteiger partial charge in [-0.05, 0) is 51.9 Å². The second kappa shape index (κ2) is 4.79. The Hall–Kier alpha value is -1.52. The fourth-order valence-electron chi connectivity index (χ4n) is 3.46. The fraction of sp³-hybridized carbons (Fsp3) is 0.733. The number of fused-ring (bicyclic) bond motifs is 2. The predicted molar refractivity (Wildman–Crippen MR) is 75.3 cm³/mol. The summed E-state index contributed by atoms with van der Waals surface area (Å²) in [5.74, 6) is 1.36. The number of carbonyl (C=O) groups is 1. The molecule has 20 heavy (non-hydrogen) atoms. The number of imidazole rings is 1. The molecular formula is C15H23N3O2. The smallest absolute Gasteiger partial charge is 0.407 e. The predicted octanol–water partition coefficient (Wildman–Crippen LogP) is 2.75. The highest BCUT2D eigenvalue weighted by Gasteiger charge is 2.47. The number of alkyl carbamates (subject to hydrolysis) is 1. The maximum absolute atomic E-state index is 11.9. The van der Waals surface area contributed by atoms with Gasteiger partial charge in [0, 0.05) is 24.5 Å². The van der Waals surface area contributed by atoms with Gasteiger partial charge in [-0.15, -0.1) is 0 Å². The number of hydrogen-bond acceptors (Lipinski definition) is 3. The largest absolute Gasteiger partial charge is 0.444 e. The van der Waals surface area contributed by atoms with Gasteiger partial charge in [0.2, 0.25) is 0 Å². The molecule has 5 heteroatoms. The molecule has 3 saturated carbocycles. The van der Waals surface area contributed by atoms with E-state index in [1.165, 1.54) is 12.8 Å². The first kappa shape index (κ1) is 13.5. The highest BCUT2D eigenvalue weighted by molar-refractivity contribution is 5.68. The number of rotatable bonds is 2. The van der Waals surface area contributed by atoms with Gasteiger partial charge in [-0.1, -0.05) is 0 Å². The average Bonchev–Trinajstić information content (AvgIpc) is 2.76. The molecule has 1 amide bonds. The molecule has 1 N–H and O–H groups in total. The summed E-state index contributed by atoms with van der Waals surface area (Å²) in [6, 6.07) is 0.685. The topological polar surface area (TPSA) is 56.1 Å². The first-order chi connectivity index (χ1) is 9.42. The van der Waals surface area contributed by atoms with Gasteiger partial charge in [-0.2, -0.15) is 0 Å². The number of amides is 1. The fourth-order valence-corrected chi connectivity index (χ4v) is 3.46. The van der Waals surface area contributed by atoms with E-state index in [0.717, 1.165) is 12.3 Å². The first-order valence-corrected chi connectivity index (χ1v) is 7.39. The van der Waals surface area contributed by atoms with Crippen molar-refractivity contribution in [2.75, 3.05) is 0 Å². The summed E-state index contributed by atoms with van der Waals surface area (Å²) in [6.07, 6.45) is 8.80. The number of nitrogens with one attached hydrogen (secondary N) is 1. The molecule has 1 heterocycles. The number of ether oxygens (including phenoxy) is 1. The second-order valence-electron chi connectivity index (χ2n) is 7.06. The molecule has 0 saturated heterocycles. The van der Waals surface area contributed by atoms with Gasteiger partial charge in [0.25, 0.3) is 0 Å². The quantitative estimate of drug-likeness (QED) is 0.904. The van der Waals surface area contributed by atoms with Crippen LogP contribution in [0.5, 0.6) is 0 Å². The van der Waals surface area contributed by atoms with E-state index in [4.69, 9.17) is 4.74 Å². The summed E-state index contributed by atoms with van der Waals surface area (Å²) < 4.78 is 7.55. The Balaban J connectivity index is 1.62. The Morgan fingerprint density at radius 1 is 1.30 bits per heavy atom. The van der Waals surface area contributed by atoms with E-state index in [-0.39, 0.29) is 12.1 Å². The van der Waals surface area contributed by atoms with E-state index < -0.39 is 5.60 Å². The molecule has 4 rings (SSSR count). The van der Waals surface area contributed by atoms with Gasteiger partial charge >= 0.3 is 6.09 Å². The van der Waals surface area contributed by atoms with E-state index >= 15 is 0 Å². The summed E-state index contributed by atoms with van der Waals surface area (Å²) in [5, 5.41) is 3.06. The molecule has 1 aromatic heterocycles. The highest BCUT2D eigenvalue weighted by Crippen LogP contribution is 2.51. The van der Waals surface area contributed by atoms with Gasteiger partial charge in [0.05, 0.1) is 6.33 Å². The van der Waals surface area contributed by atoms with Crippen molar-refractivity contribution in [3.63, 3.8) is 0 Å². The SMILES string of the molecule is CC(C)(C)OC(=O)N[C@H]1CC(n2ccnc2)C2CC1C2. The molecule has 3 aliphatic rings. The van der Waals surface area contributed by atoms with Crippen LogP contribution in [0.3, 0.4) is 0 Å². The number of aromatic nitrogens is 2. The van der Waals surface area contributed by atoms with E-state index in [1.807, 2.05) is 39.5 Å². The zero-order chi connectivity index (χ0) is 14.3. The van der Waals surface area contributed by atoms with Crippen molar-refractivity contribution in [3.05, 3.63) is 18.7 Å². The molecular weight excluding hydrogens is 254 g/mol. The summed E-state index contributed by atoms with van der Waals surface area (Å²) in [7, 11) is 0. The lowest BCUT2D eigenvalue weighted by atomic mass is 9.60. The van der Waals surface area contributed by atoms with Gasteiger partial charge < -0.3 is 14.6 Å².